The fraction of sp³-hybridized carbons (Fsp3) is 0.857. The Morgan fingerprint density at radius 3 is 2.47 bits per heavy atom. The van der Waals surface area contributed by atoms with E-state index in [0.29, 0.717) is 19.5 Å². The van der Waals surface area contributed by atoms with Crippen LogP contribution in [0.15, 0.2) is 0 Å². The van der Waals surface area contributed by atoms with Crippen LogP contribution in [0, 0.1) is 5.41 Å². The Kier molecular flexibility index (Phi) is 6.84. The Morgan fingerprint density at radius 2 is 1.89 bits per heavy atom. The number of rotatable bonds is 10. The lowest BCUT2D eigenvalue weighted by Crippen LogP contribution is -2.30. The van der Waals surface area contributed by atoms with Crippen molar-refractivity contribution in [1.29, 1.82) is 0 Å². The SMILES string of the molecule is CC(=O)NCCCCCC(=O)NCC1(CCO)CC1. The molecule has 1 saturated carbocycles. The molecule has 1 fully saturated rings. The van der Waals surface area contributed by atoms with Crippen molar-refractivity contribution in [3.8, 4) is 0 Å². The first kappa shape index (κ1) is 16.0. The Labute approximate surface area is 115 Å². The van der Waals surface area contributed by atoms with Crippen LogP contribution in [0.3, 0.4) is 0 Å². The number of aliphatic hydroxyl groups is 1. The number of carbonyl (C=O) groups is 2. The maximum Gasteiger partial charge on any atom is 0.220 e. The van der Waals surface area contributed by atoms with Crippen molar-refractivity contribution in [1.82, 2.24) is 10.6 Å². The average molecular weight is 270 g/mol. The minimum atomic E-state index is -0.00337. The maximum atomic E-state index is 11.6. The summed E-state index contributed by atoms with van der Waals surface area (Å²) in [5, 5.41) is 14.6. The summed E-state index contributed by atoms with van der Waals surface area (Å²) in [7, 11) is 0. The van der Waals surface area contributed by atoms with Gasteiger partial charge in [0, 0.05) is 33.0 Å². The lowest BCUT2D eigenvalue weighted by atomic mass is 10.0. The fourth-order valence-corrected chi connectivity index (χ4v) is 2.16. The minimum Gasteiger partial charge on any atom is -0.396 e. The summed E-state index contributed by atoms with van der Waals surface area (Å²) < 4.78 is 0. The van der Waals surface area contributed by atoms with E-state index in [9.17, 15) is 9.59 Å². The molecule has 0 radical (unpaired) electrons. The molecule has 0 aromatic rings. The monoisotopic (exact) mass is 270 g/mol. The Bertz CT molecular complexity index is 301. The molecule has 0 unspecified atom stereocenters. The maximum absolute atomic E-state index is 11.6. The number of nitrogens with one attached hydrogen (secondary N) is 2. The second kappa shape index (κ2) is 8.15. The van der Waals surface area contributed by atoms with Crippen LogP contribution in [-0.4, -0.2) is 36.6 Å². The van der Waals surface area contributed by atoms with Crippen molar-refractivity contribution in [2.45, 2.75) is 51.9 Å². The zero-order valence-electron chi connectivity index (χ0n) is 11.8. The minimum absolute atomic E-state index is 0.00337. The molecule has 1 aliphatic rings. The standard InChI is InChI=1S/C14H26N2O3/c1-12(18)15-9-4-2-3-5-13(19)16-11-14(6-7-14)8-10-17/h17H,2-11H2,1H3,(H,15,18)(H,16,19). The van der Waals surface area contributed by atoms with E-state index in [1.807, 2.05) is 0 Å². The molecule has 0 aliphatic heterocycles. The predicted molar refractivity (Wildman–Crippen MR) is 73.5 cm³/mol. The van der Waals surface area contributed by atoms with E-state index in [1.165, 1.54) is 6.92 Å². The largest absolute Gasteiger partial charge is 0.396 e. The van der Waals surface area contributed by atoms with Gasteiger partial charge in [-0.25, -0.2) is 0 Å². The Balaban J connectivity index is 1.95. The first-order valence-electron chi connectivity index (χ1n) is 7.20. The lowest BCUT2D eigenvalue weighted by Gasteiger charge is -2.14. The van der Waals surface area contributed by atoms with Crippen molar-refractivity contribution >= 4 is 11.8 Å². The van der Waals surface area contributed by atoms with Gasteiger partial charge in [0.2, 0.25) is 11.8 Å². The van der Waals surface area contributed by atoms with Crippen LogP contribution in [0.25, 0.3) is 0 Å². The van der Waals surface area contributed by atoms with Crippen LogP contribution in [0.2, 0.25) is 0 Å². The average Bonchev–Trinajstić information content (AvgIpc) is 3.12. The Morgan fingerprint density at radius 1 is 1.16 bits per heavy atom. The summed E-state index contributed by atoms with van der Waals surface area (Å²) >= 11 is 0. The van der Waals surface area contributed by atoms with E-state index < -0.39 is 0 Å². The van der Waals surface area contributed by atoms with Gasteiger partial charge >= 0.3 is 0 Å². The quantitative estimate of drug-likeness (QED) is 0.517. The molecule has 5 nitrogen and oxygen atoms in total. The molecule has 1 aliphatic carbocycles. The van der Waals surface area contributed by atoms with Crippen molar-refractivity contribution in [3.63, 3.8) is 0 Å². The molecular formula is C14H26N2O3. The molecule has 0 aromatic heterocycles. The second-order valence-electron chi connectivity index (χ2n) is 5.54. The molecule has 5 heteroatoms. The first-order chi connectivity index (χ1) is 9.08. The van der Waals surface area contributed by atoms with Gasteiger partial charge in [0.25, 0.3) is 0 Å². The van der Waals surface area contributed by atoms with E-state index in [-0.39, 0.29) is 23.8 Å². The summed E-state index contributed by atoms with van der Waals surface area (Å²) in [6.45, 7) is 3.11. The van der Waals surface area contributed by atoms with E-state index in [4.69, 9.17) is 5.11 Å². The summed E-state index contributed by atoms with van der Waals surface area (Å²) in [5.41, 5.74) is 0.190. The van der Waals surface area contributed by atoms with E-state index in [2.05, 4.69) is 10.6 Å². The van der Waals surface area contributed by atoms with Gasteiger partial charge in [-0.15, -0.1) is 0 Å². The van der Waals surface area contributed by atoms with Gasteiger partial charge in [-0.2, -0.15) is 0 Å². The van der Waals surface area contributed by atoms with Gasteiger partial charge in [0.05, 0.1) is 0 Å². The third kappa shape index (κ3) is 7.15. The van der Waals surface area contributed by atoms with Gasteiger partial charge < -0.3 is 15.7 Å². The van der Waals surface area contributed by atoms with E-state index in [1.54, 1.807) is 0 Å². The molecule has 0 atom stereocenters. The topological polar surface area (TPSA) is 78.4 Å². The van der Waals surface area contributed by atoms with Gasteiger partial charge in [-0.05, 0) is 37.5 Å². The summed E-state index contributed by atoms with van der Waals surface area (Å²) in [6.07, 6.45) is 6.31. The molecule has 0 saturated heterocycles. The van der Waals surface area contributed by atoms with E-state index >= 15 is 0 Å². The highest BCUT2D eigenvalue weighted by atomic mass is 16.3. The normalized spacial score (nSPS) is 15.9. The van der Waals surface area contributed by atoms with Crippen molar-refractivity contribution < 1.29 is 14.7 Å². The van der Waals surface area contributed by atoms with Crippen molar-refractivity contribution in [2.75, 3.05) is 19.7 Å². The highest BCUT2D eigenvalue weighted by molar-refractivity contribution is 5.75. The number of hydrogen-bond acceptors (Lipinski definition) is 3. The van der Waals surface area contributed by atoms with Crippen LogP contribution in [0.4, 0.5) is 0 Å². The third-order valence-electron chi connectivity index (χ3n) is 3.71. The lowest BCUT2D eigenvalue weighted by molar-refractivity contribution is -0.121. The van der Waals surface area contributed by atoms with Crippen molar-refractivity contribution in [3.05, 3.63) is 0 Å². The third-order valence-corrected chi connectivity index (χ3v) is 3.71. The zero-order valence-corrected chi connectivity index (χ0v) is 11.8. The van der Waals surface area contributed by atoms with Crippen LogP contribution in [0.5, 0.6) is 0 Å². The van der Waals surface area contributed by atoms with Gasteiger partial charge in [0.15, 0.2) is 0 Å². The number of hydrogen-bond donors (Lipinski definition) is 3. The highest BCUT2D eigenvalue weighted by Crippen LogP contribution is 2.47. The smallest absolute Gasteiger partial charge is 0.220 e. The number of unbranched alkanes of at least 4 members (excludes halogenated alkanes) is 2. The molecule has 0 spiro atoms. The number of carbonyl (C=O) groups excluding carboxylic acids is 2. The summed E-state index contributed by atoms with van der Waals surface area (Å²) in [5.74, 6) is 0.0973. The Hall–Kier alpha value is -1.10. The second-order valence-corrected chi connectivity index (χ2v) is 5.54. The molecule has 19 heavy (non-hydrogen) atoms. The van der Waals surface area contributed by atoms with Gasteiger partial charge in [-0.3, -0.25) is 9.59 Å². The van der Waals surface area contributed by atoms with Crippen LogP contribution >= 0.6 is 0 Å². The molecule has 0 bridgehead atoms. The molecule has 1 rings (SSSR count). The number of amides is 2. The van der Waals surface area contributed by atoms with Crippen LogP contribution < -0.4 is 10.6 Å². The predicted octanol–water partition coefficient (Wildman–Crippen LogP) is 0.962. The molecular weight excluding hydrogens is 244 g/mol. The molecule has 3 N–H and O–H groups in total. The van der Waals surface area contributed by atoms with Crippen LogP contribution in [0.1, 0.15) is 51.9 Å². The molecule has 2 amide bonds. The number of aliphatic hydroxyl groups excluding tert-OH is 1. The van der Waals surface area contributed by atoms with E-state index in [0.717, 1.165) is 38.5 Å². The molecule has 0 aromatic carbocycles. The zero-order chi connectivity index (χ0) is 14.1. The fourth-order valence-electron chi connectivity index (χ4n) is 2.16. The van der Waals surface area contributed by atoms with Gasteiger partial charge in [0.1, 0.15) is 0 Å². The molecule has 0 heterocycles. The van der Waals surface area contributed by atoms with Gasteiger partial charge in [-0.1, -0.05) is 6.42 Å². The summed E-state index contributed by atoms with van der Waals surface area (Å²) in [4.78, 5) is 22.2. The highest BCUT2D eigenvalue weighted by Gasteiger charge is 2.41. The molecule has 110 valence electrons. The van der Waals surface area contributed by atoms with Crippen LogP contribution in [-0.2, 0) is 9.59 Å². The summed E-state index contributed by atoms with van der Waals surface area (Å²) in [6, 6.07) is 0. The van der Waals surface area contributed by atoms with Crippen molar-refractivity contribution in [2.24, 2.45) is 5.41 Å². The first-order valence-corrected chi connectivity index (χ1v) is 7.20.